The molecular formula is C11H13BrN2O4. The molecule has 98 valence electrons. The van der Waals surface area contributed by atoms with Crippen LogP contribution >= 0.6 is 15.9 Å². The molecule has 6 nitrogen and oxygen atoms in total. The molecule has 0 saturated heterocycles. The summed E-state index contributed by atoms with van der Waals surface area (Å²) in [7, 11) is 0. The van der Waals surface area contributed by atoms with Gasteiger partial charge in [-0.05, 0) is 17.7 Å². The summed E-state index contributed by atoms with van der Waals surface area (Å²) < 4.78 is 5.78. The molecule has 1 aromatic rings. The lowest BCUT2D eigenvalue weighted by atomic mass is 10.1. The van der Waals surface area contributed by atoms with E-state index < -0.39 is 24.0 Å². The van der Waals surface area contributed by atoms with Crippen molar-refractivity contribution in [3.63, 3.8) is 0 Å². The number of carbonyl (C=O) groups is 2. The number of halogens is 1. The van der Waals surface area contributed by atoms with E-state index in [0.717, 1.165) is 10.0 Å². The molecule has 0 radical (unpaired) electrons. The van der Waals surface area contributed by atoms with E-state index in [2.05, 4.69) is 15.9 Å². The first-order valence-corrected chi connectivity index (χ1v) is 5.86. The second-order valence-electron chi connectivity index (χ2n) is 3.62. The lowest BCUT2D eigenvalue weighted by Crippen LogP contribution is -2.52. The lowest BCUT2D eigenvalue weighted by Gasteiger charge is -2.14. The van der Waals surface area contributed by atoms with E-state index >= 15 is 0 Å². The van der Waals surface area contributed by atoms with Crippen molar-refractivity contribution in [1.29, 1.82) is 0 Å². The number of nitrogens with two attached hydrogens (primary N) is 2. The van der Waals surface area contributed by atoms with Gasteiger partial charge in [0.15, 0.2) is 0 Å². The lowest BCUT2D eigenvalue weighted by molar-refractivity contribution is -0.151. The van der Waals surface area contributed by atoms with Crippen LogP contribution in [0.3, 0.4) is 0 Å². The van der Waals surface area contributed by atoms with E-state index in [9.17, 15) is 9.59 Å². The van der Waals surface area contributed by atoms with Gasteiger partial charge in [0.25, 0.3) is 0 Å². The highest BCUT2D eigenvalue weighted by molar-refractivity contribution is 9.10. The third-order valence-electron chi connectivity index (χ3n) is 2.24. The monoisotopic (exact) mass is 316 g/mol. The third-order valence-corrected chi connectivity index (χ3v) is 2.77. The number of benzene rings is 1. The predicted molar refractivity (Wildman–Crippen MR) is 67.5 cm³/mol. The van der Waals surface area contributed by atoms with E-state index in [1.807, 2.05) is 0 Å². The number of hydrogen-bond acceptors (Lipinski definition) is 5. The fourth-order valence-electron chi connectivity index (χ4n) is 1.13. The van der Waals surface area contributed by atoms with E-state index in [4.69, 9.17) is 21.3 Å². The van der Waals surface area contributed by atoms with Gasteiger partial charge in [0.2, 0.25) is 0 Å². The minimum absolute atomic E-state index is 0.0200. The van der Waals surface area contributed by atoms with Crippen molar-refractivity contribution >= 4 is 27.9 Å². The van der Waals surface area contributed by atoms with Gasteiger partial charge < -0.3 is 21.3 Å². The quantitative estimate of drug-likeness (QED) is 0.670. The van der Waals surface area contributed by atoms with Gasteiger partial charge >= 0.3 is 11.9 Å². The molecule has 7 heteroatoms. The zero-order valence-electron chi connectivity index (χ0n) is 9.38. The Labute approximate surface area is 112 Å². The maximum absolute atomic E-state index is 11.4. The SMILES string of the molecule is NC(C(=O)O)[C@H](N)C(=O)OCc1ccc(Br)cc1. The highest BCUT2D eigenvalue weighted by Crippen LogP contribution is 2.11. The summed E-state index contributed by atoms with van der Waals surface area (Å²) in [6.07, 6.45) is 0. The number of carboxylic acids is 1. The number of ether oxygens (including phenoxy) is 1. The first kappa shape index (κ1) is 14.6. The molecule has 1 rings (SSSR count). The molecule has 0 spiro atoms. The predicted octanol–water partition coefficient (Wildman–Crippen LogP) is 0.232. The Morgan fingerprint density at radius 2 is 1.78 bits per heavy atom. The van der Waals surface area contributed by atoms with Crippen molar-refractivity contribution in [2.75, 3.05) is 0 Å². The van der Waals surface area contributed by atoms with E-state index in [-0.39, 0.29) is 6.61 Å². The number of esters is 1. The van der Waals surface area contributed by atoms with Crippen LogP contribution in [0.1, 0.15) is 5.56 Å². The topological polar surface area (TPSA) is 116 Å². The van der Waals surface area contributed by atoms with Gasteiger partial charge in [-0.15, -0.1) is 0 Å². The second kappa shape index (κ2) is 6.48. The van der Waals surface area contributed by atoms with Crippen molar-refractivity contribution in [3.05, 3.63) is 34.3 Å². The number of carbonyl (C=O) groups excluding carboxylic acids is 1. The third kappa shape index (κ3) is 4.10. The van der Waals surface area contributed by atoms with Crippen LogP contribution < -0.4 is 11.5 Å². The summed E-state index contributed by atoms with van der Waals surface area (Å²) >= 11 is 3.27. The number of aliphatic carboxylic acids is 1. The molecule has 18 heavy (non-hydrogen) atoms. The Bertz CT molecular complexity index is 435. The molecule has 0 heterocycles. The van der Waals surface area contributed by atoms with E-state index in [1.54, 1.807) is 24.3 Å². The fraction of sp³-hybridized carbons (Fsp3) is 0.273. The maximum atomic E-state index is 11.4. The summed E-state index contributed by atoms with van der Waals surface area (Å²) in [5, 5.41) is 8.60. The Morgan fingerprint density at radius 3 is 2.28 bits per heavy atom. The molecule has 1 aromatic carbocycles. The Balaban J connectivity index is 2.50. The Kier molecular flexibility index (Phi) is 5.26. The van der Waals surface area contributed by atoms with Crippen molar-refractivity contribution in [2.45, 2.75) is 18.7 Å². The first-order chi connectivity index (χ1) is 8.41. The largest absolute Gasteiger partial charge is 0.480 e. The summed E-state index contributed by atoms with van der Waals surface area (Å²) in [5.41, 5.74) is 11.3. The minimum Gasteiger partial charge on any atom is -0.480 e. The molecular weight excluding hydrogens is 304 g/mol. The summed E-state index contributed by atoms with van der Waals surface area (Å²) in [4.78, 5) is 22.0. The molecule has 0 amide bonds. The second-order valence-corrected chi connectivity index (χ2v) is 4.54. The zero-order valence-corrected chi connectivity index (χ0v) is 11.0. The van der Waals surface area contributed by atoms with Crippen molar-refractivity contribution in [2.24, 2.45) is 11.5 Å². The highest BCUT2D eigenvalue weighted by atomic mass is 79.9. The Morgan fingerprint density at radius 1 is 1.22 bits per heavy atom. The standard InChI is InChI=1S/C11H13BrN2O4/c12-7-3-1-6(2-4-7)5-18-11(17)9(14)8(13)10(15)16/h1-4,8-9H,5,13-14H2,(H,15,16)/t8?,9-/m0/s1. The van der Waals surface area contributed by atoms with Crippen LogP contribution in [-0.4, -0.2) is 29.1 Å². The van der Waals surface area contributed by atoms with Gasteiger partial charge in [-0.2, -0.15) is 0 Å². The van der Waals surface area contributed by atoms with Crippen LogP contribution in [0.5, 0.6) is 0 Å². The van der Waals surface area contributed by atoms with Gasteiger partial charge in [0.1, 0.15) is 18.7 Å². The van der Waals surface area contributed by atoms with Gasteiger partial charge in [0, 0.05) is 4.47 Å². The van der Waals surface area contributed by atoms with Crippen LogP contribution in [0, 0.1) is 0 Å². The van der Waals surface area contributed by atoms with Crippen LogP contribution in [-0.2, 0) is 20.9 Å². The molecule has 0 saturated carbocycles. The van der Waals surface area contributed by atoms with Crippen molar-refractivity contribution < 1.29 is 19.4 Å². The number of hydrogen-bond donors (Lipinski definition) is 3. The fourth-order valence-corrected chi connectivity index (χ4v) is 1.40. The molecule has 0 fully saturated rings. The molecule has 0 aliphatic carbocycles. The number of carboxylic acid groups (broad SMARTS) is 1. The minimum atomic E-state index is -1.47. The van der Waals surface area contributed by atoms with Crippen LogP contribution in [0.2, 0.25) is 0 Å². The average molecular weight is 317 g/mol. The van der Waals surface area contributed by atoms with Gasteiger partial charge in [-0.25, -0.2) is 0 Å². The van der Waals surface area contributed by atoms with E-state index in [1.165, 1.54) is 0 Å². The molecule has 0 aliphatic heterocycles. The van der Waals surface area contributed by atoms with Crippen LogP contribution in [0.25, 0.3) is 0 Å². The van der Waals surface area contributed by atoms with Gasteiger partial charge in [0.05, 0.1) is 0 Å². The van der Waals surface area contributed by atoms with Crippen LogP contribution in [0.15, 0.2) is 28.7 Å². The molecule has 5 N–H and O–H groups in total. The number of rotatable bonds is 5. The smallest absolute Gasteiger partial charge is 0.325 e. The van der Waals surface area contributed by atoms with Crippen LogP contribution in [0.4, 0.5) is 0 Å². The molecule has 0 bridgehead atoms. The highest BCUT2D eigenvalue weighted by Gasteiger charge is 2.28. The normalized spacial score (nSPS) is 13.7. The summed E-state index contributed by atoms with van der Waals surface area (Å²) in [6, 6.07) is 4.28. The van der Waals surface area contributed by atoms with E-state index in [0.29, 0.717) is 0 Å². The molecule has 1 unspecified atom stereocenters. The van der Waals surface area contributed by atoms with Gasteiger partial charge in [-0.1, -0.05) is 28.1 Å². The molecule has 0 aromatic heterocycles. The van der Waals surface area contributed by atoms with Gasteiger partial charge in [-0.3, -0.25) is 9.59 Å². The Hall–Kier alpha value is -1.44. The summed E-state index contributed by atoms with van der Waals surface area (Å²) in [5.74, 6) is -2.18. The first-order valence-electron chi connectivity index (χ1n) is 5.07. The zero-order chi connectivity index (χ0) is 13.7. The summed E-state index contributed by atoms with van der Waals surface area (Å²) in [6.45, 7) is 0.0200. The average Bonchev–Trinajstić information content (AvgIpc) is 2.35. The molecule has 2 atom stereocenters. The maximum Gasteiger partial charge on any atom is 0.325 e. The van der Waals surface area contributed by atoms with Crippen molar-refractivity contribution in [3.8, 4) is 0 Å². The molecule has 0 aliphatic rings. The van der Waals surface area contributed by atoms with Crippen molar-refractivity contribution in [1.82, 2.24) is 0 Å².